The van der Waals surface area contributed by atoms with Gasteiger partial charge in [0.1, 0.15) is 5.01 Å². The average molecular weight is 268 g/mol. The lowest BCUT2D eigenvalue weighted by atomic mass is 10.0. The number of aromatic nitrogens is 1. The van der Waals surface area contributed by atoms with Crippen molar-refractivity contribution in [2.45, 2.75) is 52.0 Å². The Bertz CT molecular complexity index is 360. The Kier molecular flexibility index (Phi) is 4.76. The minimum Gasteiger partial charge on any atom is -0.379 e. The van der Waals surface area contributed by atoms with Crippen LogP contribution in [0, 0.1) is 0 Å². The molecule has 0 spiro atoms. The summed E-state index contributed by atoms with van der Waals surface area (Å²) in [6.45, 7) is 8.92. The highest BCUT2D eigenvalue weighted by Crippen LogP contribution is 2.33. The van der Waals surface area contributed by atoms with E-state index in [0.717, 1.165) is 26.0 Å². The minimum atomic E-state index is -0.124. The van der Waals surface area contributed by atoms with Gasteiger partial charge in [-0.05, 0) is 46.1 Å². The molecule has 1 atom stereocenters. The Morgan fingerprint density at radius 3 is 2.89 bits per heavy atom. The predicted octanol–water partition coefficient (Wildman–Crippen LogP) is 2.88. The van der Waals surface area contributed by atoms with Gasteiger partial charge in [0, 0.05) is 11.5 Å². The van der Waals surface area contributed by atoms with Gasteiger partial charge in [0.25, 0.3) is 0 Å². The molecule has 0 saturated heterocycles. The summed E-state index contributed by atoms with van der Waals surface area (Å²) >= 11 is 1.88. The SMILES string of the molecule is CCCNC(C)(COCC)c1nc2c(s1)CCC2. The third kappa shape index (κ3) is 2.92. The van der Waals surface area contributed by atoms with E-state index in [1.165, 1.54) is 28.4 Å². The standard InChI is InChI=1S/C14H24N2OS/c1-4-9-15-14(3,10-17-5-2)13-16-11-7-6-8-12(11)18-13/h15H,4-10H2,1-3H3. The highest BCUT2D eigenvalue weighted by Gasteiger charge is 2.31. The third-order valence-corrected chi connectivity index (χ3v) is 4.85. The van der Waals surface area contributed by atoms with Crippen LogP contribution in [0.1, 0.15) is 49.2 Å². The fourth-order valence-corrected chi connectivity index (χ4v) is 3.58. The van der Waals surface area contributed by atoms with Gasteiger partial charge in [0.05, 0.1) is 17.8 Å². The smallest absolute Gasteiger partial charge is 0.115 e. The van der Waals surface area contributed by atoms with Gasteiger partial charge in [0.2, 0.25) is 0 Å². The van der Waals surface area contributed by atoms with Crippen LogP contribution in [-0.4, -0.2) is 24.7 Å². The highest BCUT2D eigenvalue weighted by atomic mass is 32.1. The van der Waals surface area contributed by atoms with Gasteiger partial charge in [0.15, 0.2) is 0 Å². The molecule has 1 N–H and O–H groups in total. The van der Waals surface area contributed by atoms with Crippen LogP contribution in [0.2, 0.25) is 0 Å². The summed E-state index contributed by atoms with van der Waals surface area (Å²) in [6.07, 6.45) is 4.78. The summed E-state index contributed by atoms with van der Waals surface area (Å²) in [4.78, 5) is 6.34. The maximum atomic E-state index is 5.66. The molecule has 4 heteroatoms. The molecule has 0 fully saturated rings. The van der Waals surface area contributed by atoms with E-state index in [2.05, 4.69) is 19.2 Å². The second-order valence-electron chi connectivity index (χ2n) is 5.14. The number of hydrogen-bond acceptors (Lipinski definition) is 4. The fraction of sp³-hybridized carbons (Fsp3) is 0.786. The van der Waals surface area contributed by atoms with Crippen molar-refractivity contribution >= 4 is 11.3 Å². The van der Waals surface area contributed by atoms with Crippen LogP contribution >= 0.6 is 11.3 Å². The van der Waals surface area contributed by atoms with Gasteiger partial charge in [-0.3, -0.25) is 0 Å². The van der Waals surface area contributed by atoms with Crippen LogP contribution in [0.5, 0.6) is 0 Å². The summed E-state index contributed by atoms with van der Waals surface area (Å²) in [7, 11) is 0. The second kappa shape index (κ2) is 6.13. The third-order valence-electron chi connectivity index (χ3n) is 3.43. The molecule has 0 radical (unpaired) electrons. The number of fused-ring (bicyclic) bond motifs is 1. The van der Waals surface area contributed by atoms with Crippen LogP contribution in [0.4, 0.5) is 0 Å². The first-order valence-electron chi connectivity index (χ1n) is 7.01. The van der Waals surface area contributed by atoms with E-state index in [-0.39, 0.29) is 5.54 Å². The van der Waals surface area contributed by atoms with Crippen LogP contribution in [0.25, 0.3) is 0 Å². The van der Waals surface area contributed by atoms with Crippen LogP contribution in [0.15, 0.2) is 0 Å². The molecule has 102 valence electrons. The molecule has 1 aromatic rings. The van der Waals surface area contributed by atoms with Crippen molar-refractivity contribution in [2.24, 2.45) is 0 Å². The predicted molar refractivity (Wildman–Crippen MR) is 76.3 cm³/mol. The number of hydrogen-bond donors (Lipinski definition) is 1. The molecule has 18 heavy (non-hydrogen) atoms. The first kappa shape index (κ1) is 14.0. The molecule has 0 bridgehead atoms. The number of rotatable bonds is 7. The van der Waals surface area contributed by atoms with E-state index in [0.29, 0.717) is 6.61 Å². The number of thiazole rings is 1. The van der Waals surface area contributed by atoms with Gasteiger partial charge in [-0.15, -0.1) is 11.3 Å². The maximum Gasteiger partial charge on any atom is 0.115 e. The average Bonchev–Trinajstić information content (AvgIpc) is 2.94. The summed E-state index contributed by atoms with van der Waals surface area (Å²) in [5.41, 5.74) is 1.21. The second-order valence-corrected chi connectivity index (χ2v) is 6.22. The van der Waals surface area contributed by atoms with Crippen LogP contribution in [-0.2, 0) is 23.1 Å². The summed E-state index contributed by atoms with van der Waals surface area (Å²) in [6, 6.07) is 0. The largest absolute Gasteiger partial charge is 0.379 e. The maximum absolute atomic E-state index is 5.66. The lowest BCUT2D eigenvalue weighted by Gasteiger charge is -2.28. The number of nitrogens with zero attached hydrogens (tertiary/aromatic N) is 1. The first-order valence-corrected chi connectivity index (χ1v) is 7.83. The molecule has 1 aliphatic rings. The van der Waals surface area contributed by atoms with E-state index in [1.54, 1.807) is 0 Å². The van der Waals surface area contributed by atoms with Gasteiger partial charge >= 0.3 is 0 Å². The highest BCUT2D eigenvalue weighted by molar-refractivity contribution is 7.12. The van der Waals surface area contributed by atoms with Gasteiger partial charge in [-0.25, -0.2) is 4.98 Å². The monoisotopic (exact) mass is 268 g/mol. The van der Waals surface area contributed by atoms with Crippen molar-refractivity contribution in [1.29, 1.82) is 0 Å². The molecular weight excluding hydrogens is 244 g/mol. The van der Waals surface area contributed by atoms with E-state index in [9.17, 15) is 0 Å². The lowest BCUT2D eigenvalue weighted by Crippen LogP contribution is -2.44. The van der Waals surface area contributed by atoms with E-state index in [1.807, 2.05) is 18.3 Å². The summed E-state index contributed by atoms with van der Waals surface area (Å²) in [5, 5.41) is 4.81. The topological polar surface area (TPSA) is 34.1 Å². The van der Waals surface area contributed by atoms with Crippen LogP contribution in [0.3, 0.4) is 0 Å². The van der Waals surface area contributed by atoms with Crippen molar-refractivity contribution in [1.82, 2.24) is 10.3 Å². The number of ether oxygens (including phenoxy) is 1. The first-order chi connectivity index (χ1) is 8.69. The Morgan fingerprint density at radius 1 is 1.39 bits per heavy atom. The van der Waals surface area contributed by atoms with Crippen molar-refractivity contribution in [3.63, 3.8) is 0 Å². The quantitative estimate of drug-likeness (QED) is 0.825. The van der Waals surface area contributed by atoms with E-state index in [4.69, 9.17) is 9.72 Å². The number of aryl methyl sites for hydroxylation is 2. The summed E-state index contributed by atoms with van der Waals surface area (Å²) in [5.74, 6) is 0. The number of nitrogens with one attached hydrogen (secondary N) is 1. The van der Waals surface area contributed by atoms with E-state index < -0.39 is 0 Å². The molecule has 0 aromatic carbocycles. The van der Waals surface area contributed by atoms with Crippen molar-refractivity contribution in [3.8, 4) is 0 Å². The molecule has 0 amide bonds. The molecule has 1 aliphatic carbocycles. The zero-order valence-corrected chi connectivity index (χ0v) is 12.5. The van der Waals surface area contributed by atoms with Crippen LogP contribution < -0.4 is 5.32 Å². The van der Waals surface area contributed by atoms with Crippen molar-refractivity contribution < 1.29 is 4.74 Å². The minimum absolute atomic E-state index is 0.124. The molecule has 2 rings (SSSR count). The van der Waals surface area contributed by atoms with E-state index >= 15 is 0 Å². The Labute approximate surface area is 114 Å². The molecule has 0 aliphatic heterocycles. The molecule has 1 heterocycles. The Morgan fingerprint density at radius 2 is 2.22 bits per heavy atom. The Balaban J connectivity index is 2.15. The van der Waals surface area contributed by atoms with Crippen molar-refractivity contribution in [2.75, 3.05) is 19.8 Å². The fourth-order valence-electron chi connectivity index (χ4n) is 2.32. The molecular formula is C14H24N2OS. The van der Waals surface area contributed by atoms with Crippen molar-refractivity contribution in [3.05, 3.63) is 15.6 Å². The molecule has 0 saturated carbocycles. The zero-order valence-electron chi connectivity index (χ0n) is 11.7. The van der Waals surface area contributed by atoms with Gasteiger partial charge in [-0.2, -0.15) is 0 Å². The molecule has 3 nitrogen and oxygen atoms in total. The van der Waals surface area contributed by atoms with Gasteiger partial charge < -0.3 is 10.1 Å². The normalized spacial score (nSPS) is 17.7. The summed E-state index contributed by atoms with van der Waals surface area (Å²) < 4.78 is 5.66. The molecule has 1 unspecified atom stereocenters. The zero-order chi connectivity index (χ0) is 13.0. The lowest BCUT2D eigenvalue weighted by molar-refractivity contribution is 0.0831. The Hall–Kier alpha value is -0.450. The molecule has 1 aromatic heterocycles. The van der Waals surface area contributed by atoms with Gasteiger partial charge in [-0.1, -0.05) is 6.92 Å².